The molecule has 1 atom stereocenters. The van der Waals surface area contributed by atoms with Gasteiger partial charge in [0.2, 0.25) is 0 Å². The summed E-state index contributed by atoms with van der Waals surface area (Å²) in [6.45, 7) is 2.53. The van der Waals surface area contributed by atoms with Crippen LogP contribution in [0.1, 0.15) is 36.4 Å². The molecule has 2 aliphatic heterocycles. The molecule has 1 unspecified atom stereocenters. The van der Waals surface area contributed by atoms with Crippen LogP contribution in [-0.4, -0.2) is 18.0 Å². The molecule has 3 aromatic rings. The summed E-state index contributed by atoms with van der Waals surface area (Å²) in [4.78, 5) is 2.71. The minimum atomic E-state index is 0.674. The van der Waals surface area contributed by atoms with Crippen LogP contribution in [-0.2, 0) is 6.42 Å². The lowest BCUT2D eigenvalue weighted by Crippen LogP contribution is -2.38. The minimum Gasteiger partial charge on any atom is -0.296 e. The number of benzene rings is 3. The molecule has 3 aromatic carbocycles. The first-order valence-electron chi connectivity index (χ1n) is 8.59. The summed E-state index contributed by atoms with van der Waals surface area (Å²) in [5.74, 6) is 0. The van der Waals surface area contributed by atoms with Crippen molar-refractivity contribution in [1.29, 1.82) is 0 Å². The van der Waals surface area contributed by atoms with E-state index >= 15 is 0 Å². The Morgan fingerprint density at radius 1 is 0.773 bits per heavy atom. The smallest absolute Gasteiger partial charge is 0.0351 e. The van der Waals surface area contributed by atoms with Crippen LogP contribution in [0.15, 0.2) is 48.5 Å². The highest BCUT2D eigenvalue weighted by molar-refractivity contribution is 6.08. The highest BCUT2D eigenvalue weighted by Gasteiger charge is 2.30. The average Bonchev–Trinajstić information content (AvgIpc) is 2.60. The van der Waals surface area contributed by atoms with Gasteiger partial charge in [-0.25, -0.2) is 0 Å². The highest BCUT2D eigenvalue weighted by atomic mass is 15.2. The van der Waals surface area contributed by atoms with Gasteiger partial charge in [0.15, 0.2) is 0 Å². The number of fused-ring (bicyclic) bond motifs is 7. The average molecular weight is 287 g/mol. The first-order chi connectivity index (χ1) is 10.9. The minimum absolute atomic E-state index is 0.674. The standard InChI is InChI=1S/C21H21N/c1-2-6-16-15(5-1)8-9-18-17(16)10-11-20-19(18)12-14-22-13-4-3-7-21(20)22/h1-2,5-6,8-11,21H,3-4,7,12-14H2. The second-order valence-electron chi connectivity index (χ2n) is 6.81. The molecule has 2 aliphatic rings. The van der Waals surface area contributed by atoms with Crippen LogP contribution in [0.25, 0.3) is 21.5 Å². The molecule has 5 rings (SSSR count). The Bertz CT molecular complexity index is 864. The molecular formula is C21H21N. The van der Waals surface area contributed by atoms with Gasteiger partial charge < -0.3 is 0 Å². The second-order valence-corrected chi connectivity index (χ2v) is 6.81. The summed E-state index contributed by atoms with van der Waals surface area (Å²) in [6, 6.07) is 18.9. The van der Waals surface area contributed by atoms with Gasteiger partial charge in [0, 0.05) is 12.6 Å². The Kier molecular flexibility index (Phi) is 2.78. The summed E-state index contributed by atoms with van der Waals surface area (Å²) in [5.41, 5.74) is 3.22. The van der Waals surface area contributed by atoms with Gasteiger partial charge in [-0.3, -0.25) is 4.90 Å². The molecule has 0 aliphatic carbocycles. The predicted octanol–water partition coefficient (Wildman–Crippen LogP) is 5.08. The van der Waals surface area contributed by atoms with E-state index in [1.165, 1.54) is 60.3 Å². The van der Waals surface area contributed by atoms with Gasteiger partial charge in [0.1, 0.15) is 0 Å². The molecule has 0 amide bonds. The summed E-state index contributed by atoms with van der Waals surface area (Å²) in [5, 5.41) is 5.67. The van der Waals surface area contributed by atoms with Crippen molar-refractivity contribution in [1.82, 2.24) is 4.90 Å². The predicted molar refractivity (Wildman–Crippen MR) is 93.3 cm³/mol. The molecule has 0 radical (unpaired) electrons. The summed E-state index contributed by atoms with van der Waals surface area (Å²) < 4.78 is 0. The fraction of sp³-hybridized carbons (Fsp3) is 0.333. The summed E-state index contributed by atoms with van der Waals surface area (Å²) in [7, 11) is 0. The van der Waals surface area contributed by atoms with E-state index < -0.39 is 0 Å². The Balaban J connectivity index is 1.77. The van der Waals surface area contributed by atoms with E-state index in [9.17, 15) is 0 Å². The Labute approximate surface area is 131 Å². The molecule has 0 bridgehead atoms. The van der Waals surface area contributed by atoms with Gasteiger partial charge in [-0.15, -0.1) is 0 Å². The number of hydrogen-bond donors (Lipinski definition) is 0. The maximum Gasteiger partial charge on any atom is 0.0351 e. The molecule has 2 heterocycles. The zero-order chi connectivity index (χ0) is 14.5. The molecule has 0 aromatic heterocycles. The normalized spacial score (nSPS) is 21.7. The fourth-order valence-electron chi connectivity index (χ4n) is 4.62. The number of rotatable bonds is 0. The number of hydrogen-bond acceptors (Lipinski definition) is 1. The molecule has 0 saturated carbocycles. The third kappa shape index (κ3) is 1.75. The zero-order valence-electron chi connectivity index (χ0n) is 12.9. The molecule has 22 heavy (non-hydrogen) atoms. The molecule has 1 fully saturated rings. The van der Waals surface area contributed by atoms with Crippen LogP contribution < -0.4 is 0 Å². The van der Waals surface area contributed by atoms with Gasteiger partial charge in [0.25, 0.3) is 0 Å². The lowest BCUT2D eigenvalue weighted by atomic mass is 9.83. The van der Waals surface area contributed by atoms with Gasteiger partial charge >= 0.3 is 0 Å². The van der Waals surface area contributed by atoms with Crippen molar-refractivity contribution in [2.24, 2.45) is 0 Å². The largest absolute Gasteiger partial charge is 0.296 e. The summed E-state index contributed by atoms with van der Waals surface area (Å²) in [6.07, 6.45) is 5.31. The maximum absolute atomic E-state index is 2.71. The van der Waals surface area contributed by atoms with Crippen LogP contribution in [0.5, 0.6) is 0 Å². The Morgan fingerprint density at radius 3 is 2.68 bits per heavy atom. The van der Waals surface area contributed by atoms with E-state index in [4.69, 9.17) is 0 Å². The zero-order valence-corrected chi connectivity index (χ0v) is 12.9. The van der Waals surface area contributed by atoms with E-state index in [0.29, 0.717) is 6.04 Å². The monoisotopic (exact) mass is 287 g/mol. The van der Waals surface area contributed by atoms with Crippen LogP contribution >= 0.6 is 0 Å². The van der Waals surface area contributed by atoms with Crippen molar-refractivity contribution in [3.05, 3.63) is 59.7 Å². The molecule has 110 valence electrons. The number of piperidine rings is 1. The second kappa shape index (κ2) is 4.82. The molecule has 1 nitrogen and oxygen atoms in total. The SMILES string of the molecule is c1ccc2c(c1)ccc1c3c(ccc12)C1CCCCN1CC3. The van der Waals surface area contributed by atoms with Gasteiger partial charge in [-0.1, -0.05) is 55.0 Å². The Morgan fingerprint density at radius 2 is 1.68 bits per heavy atom. The maximum atomic E-state index is 2.71. The quantitative estimate of drug-likeness (QED) is 0.521. The topological polar surface area (TPSA) is 3.24 Å². The molecule has 1 heteroatoms. The van der Waals surface area contributed by atoms with Crippen LogP contribution in [0.3, 0.4) is 0 Å². The van der Waals surface area contributed by atoms with Crippen molar-refractivity contribution in [3.63, 3.8) is 0 Å². The van der Waals surface area contributed by atoms with E-state index in [-0.39, 0.29) is 0 Å². The lowest BCUT2D eigenvalue weighted by molar-refractivity contribution is 0.139. The van der Waals surface area contributed by atoms with Gasteiger partial charge in [-0.05, 0) is 58.5 Å². The fourth-order valence-corrected chi connectivity index (χ4v) is 4.62. The molecular weight excluding hydrogens is 266 g/mol. The molecule has 0 spiro atoms. The third-order valence-corrected chi connectivity index (χ3v) is 5.70. The first kappa shape index (κ1) is 12.7. The van der Waals surface area contributed by atoms with Crippen LogP contribution in [0, 0.1) is 0 Å². The molecule has 0 N–H and O–H groups in total. The van der Waals surface area contributed by atoms with E-state index in [1.807, 2.05) is 0 Å². The van der Waals surface area contributed by atoms with Crippen molar-refractivity contribution >= 4 is 21.5 Å². The van der Waals surface area contributed by atoms with E-state index in [1.54, 1.807) is 11.1 Å². The first-order valence-corrected chi connectivity index (χ1v) is 8.59. The van der Waals surface area contributed by atoms with E-state index in [0.717, 1.165) is 0 Å². The lowest BCUT2D eigenvalue weighted by Gasteiger charge is -2.41. The van der Waals surface area contributed by atoms with E-state index in [2.05, 4.69) is 53.4 Å². The highest BCUT2D eigenvalue weighted by Crippen LogP contribution is 2.40. The van der Waals surface area contributed by atoms with Crippen molar-refractivity contribution in [2.45, 2.75) is 31.7 Å². The van der Waals surface area contributed by atoms with Crippen LogP contribution in [0.4, 0.5) is 0 Å². The van der Waals surface area contributed by atoms with Crippen molar-refractivity contribution in [2.75, 3.05) is 13.1 Å². The third-order valence-electron chi connectivity index (χ3n) is 5.70. The van der Waals surface area contributed by atoms with Crippen LogP contribution in [0.2, 0.25) is 0 Å². The van der Waals surface area contributed by atoms with Gasteiger partial charge in [-0.2, -0.15) is 0 Å². The number of nitrogens with zero attached hydrogens (tertiary/aromatic N) is 1. The Hall–Kier alpha value is -1.86. The van der Waals surface area contributed by atoms with Crippen molar-refractivity contribution in [3.8, 4) is 0 Å². The molecule has 1 saturated heterocycles. The summed E-state index contributed by atoms with van der Waals surface area (Å²) >= 11 is 0. The van der Waals surface area contributed by atoms with Crippen molar-refractivity contribution < 1.29 is 0 Å². The van der Waals surface area contributed by atoms with Gasteiger partial charge in [0.05, 0.1) is 0 Å².